The maximum Gasteiger partial charge on any atom is 0.238 e. The van der Waals surface area contributed by atoms with Crippen LogP contribution in [0.15, 0.2) is 18.2 Å². The van der Waals surface area contributed by atoms with Gasteiger partial charge in [-0.2, -0.15) is 0 Å². The fourth-order valence-corrected chi connectivity index (χ4v) is 2.43. The molecule has 1 amide bonds. The molecule has 0 aromatic heterocycles. The van der Waals surface area contributed by atoms with E-state index in [1.165, 1.54) is 0 Å². The third-order valence-electron chi connectivity index (χ3n) is 3.02. The average Bonchev–Trinajstić information content (AvgIpc) is 2.34. The number of nitrogens with one attached hydrogen (secondary N) is 2. The molecular weight excluding hydrogens is 285 g/mol. The molecule has 0 unspecified atom stereocenters. The highest BCUT2D eigenvalue weighted by Crippen LogP contribution is 2.24. The highest BCUT2D eigenvalue weighted by molar-refractivity contribution is 6.42. The molecule has 0 bridgehead atoms. The van der Waals surface area contributed by atoms with Crippen LogP contribution in [0.25, 0.3) is 0 Å². The number of hydrogen-bond donors (Lipinski definition) is 2. The van der Waals surface area contributed by atoms with Crippen molar-refractivity contribution in [3.05, 3.63) is 28.2 Å². The Hall–Kier alpha value is -0.810. The second-order valence-electron chi connectivity index (χ2n) is 4.77. The summed E-state index contributed by atoms with van der Waals surface area (Å²) < 4.78 is 0. The monoisotopic (exact) mass is 301 g/mol. The van der Waals surface area contributed by atoms with E-state index in [9.17, 15) is 4.79 Å². The Labute approximate surface area is 123 Å². The molecule has 104 valence electrons. The molecule has 1 saturated heterocycles. The quantitative estimate of drug-likeness (QED) is 0.900. The summed E-state index contributed by atoms with van der Waals surface area (Å²) in [6.07, 6.45) is 0. The van der Waals surface area contributed by atoms with Gasteiger partial charge in [0.1, 0.15) is 0 Å². The normalized spacial score (nSPS) is 20.3. The van der Waals surface area contributed by atoms with Gasteiger partial charge in [0.15, 0.2) is 0 Å². The summed E-state index contributed by atoms with van der Waals surface area (Å²) in [5.74, 6) is -0.0347. The van der Waals surface area contributed by atoms with Crippen LogP contribution in [0.2, 0.25) is 10.0 Å². The summed E-state index contributed by atoms with van der Waals surface area (Å²) in [6, 6.07) is 5.49. The van der Waals surface area contributed by atoms with E-state index >= 15 is 0 Å². The number of hydrogen-bond acceptors (Lipinski definition) is 3. The first-order chi connectivity index (χ1) is 9.04. The van der Waals surface area contributed by atoms with Gasteiger partial charge in [-0.15, -0.1) is 0 Å². The zero-order valence-electron chi connectivity index (χ0n) is 10.7. The molecule has 1 atom stereocenters. The average molecular weight is 302 g/mol. The molecule has 1 aromatic rings. The summed E-state index contributed by atoms with van der Waals surface area (Å²) in [4.78, 5) is 14.1. The molecule has 0 radical (unpaired) electrons. The van der Waals surface area contributed by atoms with Crippen LogP contribution in [0.3, 0.4) is 0 Å². The van der Waals surface area contributed by atoms with Crippen LogP contribution in [0.4, 0.5) is 5.69 Å². The molecule has 6 heteroatoms. The molecule has 0 saturated carbocycles. The van der Waals surface area contributed by atoms with Crippen LogP contribution < -0.4 is 10.6 Å². The molecule has 1 aliphatic heterocycles. The molecule has 1 aromatic carbocycles. The Morgan fingerprint density at radius 2 is 2.26 bits per heavy atom. The predicted molar refractivity (Wildman–Crippen MR) is 79.0 cm³/mol. The standard InChI is InChI=1S/C13H17Cl2N3O/c1-9-7-18(5-4-16-9)8-13(19)17-10-2-3-11(14)12(15)6-10/h2-3,6,9,16H,4-5,7-8H2,1H3,(H,17,19)/t9-/m0/s1. The van der Waals surface area contributed by atoms with Crippen molar-refractivity contribution < 1.29 is 4.79 Å². The molecule has 0 aliphatic carbocycles. The van der Waals surface area contributed by atoms with Crippen molar-refractivity contribution in [3.63, 3.8) is 0 Å². The number of carbonyl (C=O) groups is 1. The minimum Gasteiger partial charge on any atom is -0.325 e. The van der Waals surface area contributed by atoms with E-state index in [0.29, 0.717) is 28.3 Å². The van der Waals surface area contributed by atoms with Gasteiger partial charge in [-0.25, -0.2) is 0 Å². The first kappa shape index (κ1) is 14.6. The third kappa shape index (κ3) is 4.35. The summed E-state index contributed by atoms with van der Waals surface area (Å²) in [5.41, 5.74) is 0.669. The van der Waals surface area contributed by atoms with Crippen LogP contribution in [-0.2, 0) is 4.79 Å². The highest BCUT2D eigenvalue weighted by atomic mass is 35.5. The van der Waals surface area contributed by atoms with Crippen LogP contribution in [0, 0.1) is 0 Å². The summed E-state index contributed by atoms with van der Waals surface area (Å²) in [5, 5.41) is 7.09. The molecule has 4 nitrogen and oxygen atoms in total. The Morgan fingerprint density at radius 3 is 2.95 bits per heavy atom. The van der Waals surface area contributed by atoms with E-state index in [-0.39, 0.29) is 5.91 Å². The highest BCUT2D eigenvalue weighted by Gasteiger charge is 2.17. The molecule has 1 fully saturated rings. The zero-order valence-corrected chi connectivity index (χ0v) is 12.3. The largest absolute Gasteiger partial charge is 0.325 e. The second-order valence-corrected chi connectivity index (χ2v) is 5.58. The number of benzene rings is 1. The van der Waals surface area contributed by atoms with Crippen molar-refractivity contribution in [3.8, 4) is 0 Å². The Balaban J connectivity index is 1.88. The lowest BCUT2D eigenvalue weighted by molar-refractivity contribution is -0.117. The predicted octanol–water partition coefficient (Wildman–Crippen LogP) is 2.23. The van der Waals surface area contributed by atoms with E-state index < -0.39 is 0 Å². The first-order valence-corrected chi connectivity index (χ1v) is 7.01. The summed E-state index contributed by atoms with van der Waals surface area (Å²) in [7, 11) is 0. The topological polar surface area (TPSA) is 44.4 Å². The van der Waals surface area contributed by atoms with Crippen LogP contribution in [0.5, 0.6) is 0 Å². The van der Waals surface area contributed by atoms with E-state index in [1.807, 2.05) is 0 Å². The van der Waals surface area contributed by atoms with Crippen molar-refractivity contribution in [1.29, 1.82) is 0 Å². The Kier molecular flexibility index (Phi) is 5.05. The van der Waals surface area contributed by atoms with Crippen LogP contribution in [-0.4, -0.2) is 43.0 Å². The second kappa shape index (κ2) is 6.57. The molecule has 2 N–H and O–H groups in total. The SMILES string of the molecule is C[C@H]1CN(CC(=O)Nc2ccc(Cl)c(Cl)c2)CCN1. The molecule has 19 heavy (non-hydrogen) atoms. The van der Waals surface area contributed by atoms with Gasteiger partial charge in [-0.1, -0.05) is 23.2 Å². The molecule has 2 rings (SSSR count). The molecule has 0 spiro atoms. The summed E-state index contributed by atoms with van der Waals surface area (Å²) >= 11 is 11.7. The lowest BCUT2D eigenvalue weighted by atomic mass is 10.2. The van der Waals surface area contributed by atoms with Crippen molar-refractivity contribution >= 4 is 34.8 Å². The molecule has 1 aliphatic rings. The van der Waals surface area contributed by atoms with Crippen molar-refractivity contribution in [2.75, 3.05) is 31.5 Å². The lowest BCUT2D eigenvalue weighted by Crippen LogP contribution is -2.51. The van der Waals surface area contributed by atoms with Gasteiger partial charge >= 0.3 is 0 Å². The van der Waals surface area contributed by atoms with Gasteiger partial charge in [0, 0.05) is 31.4 Å². The third-order valence-corrected chi connectivity index (χ3v) is 3.76. The van der Waals surface area contributed by atoms with E-state index in [4.69, 9.17) is 23.2 Å². The Bertz CT molecular complexity index is 467. The van der Waals surface area contributed by atoms with E-state index in [1.54, 1.807) is 18.2 Å². The van der Waals surface area contributed by atoms with Crippen LogP contribution >= 0.6 is 23.2 Å². The van der Waals surface area contributed by atoms with E-state index in [2.05, 4.69) is 22.5 Å². The molecular formula is C13H17Cl2N3O. The molecule has 1 heterocycles. The number of carbonyl (C=O) groups excluding carboxylic acids is 1. The van der Waals surface area contributed by atoms with Crippen molar-refractivity contribution in [1.82, 2.24) is 10.2 Å². The maximum absolute atomic E-state index is 11.9. The fraction of sp³-hybridized carbons (Fsp3) is 0.462. The fourth-order valence-electron chi connectivity index (χ4n) is 2.13. The van der Waals surface area contributed by atoms with Crippen LogP contribution in [0.1, 0.15) is 6.92 Å². The summed E-state index contributed by atoms with van der Waals surface area (Å²) in [6.45, 7) is 5.20. The van der Waals surface area contributed by atoms with Gasteiger partial charge in [-0.3, -0.25) is 9.69 Å². The van der Waals surface area contributed by atoms with Crippen molar-refractivity contribution in [2.24, 2.45) is 0 Å². The number of amides is 1. The number of anilines is 1. The van der Waals surface area contributed by atoms with Crippen molar-refractivity contribution in [2.45, 2.75) is 13.0 Å². The first-order valence-electron chi connectivity index (χ1n) is 6.25. The number of piperazine rings is 1. The lowest BCUT2D eigenvalue weighted by Gasteiger charge is -2.31. The Morgan fingerprint density at radius 1 is 1.47 bits per heavy atom. The van der Waals surface area contributed by atoms with Gasteiger partial charge in [0.05, 0.1) is 16.6 Å². The van der Waals surface area contributed by atoms with Gasteiger partial charge in [0.2, 0.25) is 5.91 Å². The van der Waals surface area contributed by atoms with Gasteiger partial charge in [0.25, 0.3) is 0 Å². The van der Waals surface area contributed by atoms with Gasteiger partial charge in [-0.05, 0) is 25.1 Å². The number of halogens is 2. The smallest absolute Gasteiger partial charge is 0.238 e. The van der Waals surface area contributed by atoms with Gasteiger partial charge < -0.3 is 10.6 Å². The zero-order chi connectivity index (χ0) is 13.8. The number of nitrogens with zero attached hydrogens (tertiary/aromatic N) is 1. The minimum absolute atomic E-state index is 0.0347. The minimum atomic E-state index is -0.0347. The number of rotatable bonds is 3. The maximum atomic E-state index is 11.9. The van der Waals surface area contributed by atoms with E-state index in [0.717, 1.165) is 19.6 Å².